The van der Waals surface area contributed by atoms with Crippen molar-refractivity contribution in [3.05, 3.63) is 29.8 Å². The SMILES string of the molecule is C#CCCN(C)c1ccccc1C(=O)O. The van der Waals surface area contributed by atoms with Gasteiger partial charge in [0.1, 0.15) is 0 Å². The number of hydrogen-bond acceptors (Lipinski definition) is 2. The second kappa shape index (κ2) is 5.06. The summed E-state index contributed by atoms with van der Waals surface area (Å²) >= 11 is 0. The topological polar surface area (TPSA) is 40.5 Å². The van der Waals surface area contributed by atoms with Crippen molar-refractivity contribution in [2.75, 3.05) is 18.5 Å². The Hall–Kier alpha value is -1.95. The summed E-state index contributed by atoms with van der Waals surface area (Å²) in [6.45, 7) is 0.654. The lowest BCUT2D eigenvalue weighted by Gasteiger charge is -2.19. The average Bonchev–Trinajstić information content (AvgIpc) is 2.25. The minimum atomic E-state index is -0.918. The van der Waals surface area contributed by atoms with Gasteiger partial charge in [-0.05, 0) is 12.1 Å². The number of nitrogens with zero attached hydrogens (tertiary/aromatic N) is 1. The third-order valence-corrected chi connectivity index (χ3v) is 2.14. The Morgan fingerprint density at radius 1 is 1.53 bits per heavy atom. The van der Waals surface area contributed by atoms with Gasteiger partial charge in [0.25, 0.3) is 0 Å². The van der Waals surface area contributed by atoms with Crippen molar-refractivity contribution in [1.29, 1.82) is 0 Å². The van der Waals surface area contributed by atoms with Crippen LogP contribution in [0.25, 0.3) is 0 Å². The zero-order valence-corrected chi connectivity index (χ0v) is 8.60. The van der Waals surface area contributed by atoms with E-state index in [0.29, 0.717) is 24.2 Å². The highest BCUT2D eigenvalue weighted by atomic mass is 16.4. The van der Waals surface area contributed by atoms with Crippen LogP contribution in [0.15, 0.2) is 24.3 Å². The Morgan fingerprint density at radius 3 is 2.80 bits per heavy atom. The van der Waals surface area contributed by atoms with Gasteiger partial charge in [0.15, 0.2) is 0 Å². The fourth-order valence-electron chi connectivity index (χ4n) is 1.34. The first-order chi connectivity index (χ1) is 7.16. The fraction of sp³-hybridized carbons (Fsp3) is 0.250. The van der Waals surface area contributed by atoms with Crippen LogP contribution >= 0.6 is 0 Å². The predicted molar refractivity (Wildman–Crippen MR) is 60.1 cm³/mol. The number of terminal acetylenes is 1. The maximum atomic E-state index is 10.9. The molecule has 0 aliphatic rings. The van der Waals surface area contributed by atoms with Crippen molar-refractivity contribution >= 4 is 11.7 Å². The van der Waals surface area contributed by atoms with Gasteiger partial charge in [-0.25, -0.2) is 4.79 Å². The van der Waals surface area contributed by atoms with Crippen LogP contribution in [0.3, 0.4) is 0 Å². The average molecular weight is 203 g/mol. The van der Waals surface area contributed by atoms with E-state index in [1.54, 1.807) is 18.2 Å². The highest BCUT2D eigenvalue weighted by Crippen LogP contribution is 2.18. The Labute approximate surface area is 89.3 Å². The van der Waals surface area contributed by atoms with E-state index in [1.807, 2.05) is 18.0 Å². The fourth-order valence-corrected chi connectivity index (χ4v) is 1.34. The van der Waals surface area contributed by atoms with Crippen molar-refractivity contribution in [2.24, 2.45) is 0 Å². The summed E-state index contributed by atoms with van der Waals surface area (Å²) in [6.07, 6.45) is 5.76. The van der Waals surface area contributed by atoms with E-state index in [1.165, 1.54) is 0 Å². The Bertz CT molecular complexity index is 393. The minimum Gasteiger partial charge on any atom is -0.478 e. The Morgan fingerprint density at radius 2 is 2.20 bits per heavy atom. The summed E-state index contributed by atoms with van der Waals surface area (Å²) < 4.78 is 0. The Kier molecular flexibility index (Phi) is 3.75. The second-order valence-corrected chi connectivity index (χ2v) is 3.20. The Balaban J connectivity index is 2.93. The van der Waals surface area contributed by atoms with Crippen molar-refractivity contribution in [3.8, 4) is 12.3 Å². The molecule has 78 valence electrons. The smallest absolute Gasteiger partial charge is 0.337 e. The zero-order chi connectivity index (χ0) is 11.3. The number of benzene rings is 1. The van der Waals surface area contributed by atoms with Crippen LogP contribution in [-0.2, 0) is 0 Å². The predicted octanol–water partition coefficient (Wildman–Crippen LogP) is 1.84. The molecule has 0 aliphatic heterocycles. The normalized spacial score (nSPS) is 9.33. The summed E-state index contributed by atoms with van der Waals surface area (Å²) in [4.78, 5) is 12.8. The molecule has 1 aromatic rings. The molecule has 0 radical (unpaired) electrons. The molecule has 0 spiro atoms. The summed E-state index contributed by atoms with van der Waals surface area (Å²) in [7, 11) is 1.83. The first-order valence-corrected chi connectivity index (χ1v) is 4.63. The van der Waals surface area contributed by atoms with E-state index in [-0.39, 0.29) is 0 Å². The van der Waals surface area contributed by atoms with Gasteiger partial charge in [0.2, 0.25) is 0 Å². The van der Waals surface area contributed by atoms with Crippen LogP contribution in [0.1, 0.15) is 16.8 Å². The molecule has 0 saturated heterocycles. The molecule has 0 aliphatic carbocycles. The maximum Gasteiger partial charge on any atom is 0.337 e. The molecule has 0 heterocycles. The summed E-state index contributed by atoms with van der Waals surface area (Å²) in [5.74, 6) is 1.61. The van der Waals surface area contributed by atoms with E-state index < -0.39 is 5.97 Å². The van der Waals surface area contributed by atoms with Crippen molar-refractivity contribution in [3.63, 3.8) is 0 Å². The molecule has 1 rings (SSSR count). The third kappa shape index (κ3) is 2.75. The molecule has 0 aromatic heterocycles. The molecule has 1 aromatic carbocycles. The number of rotatable bonds is 4. The molecule has 1 N–H and O–H groups in total. The van der Waals surface area contributed by atoms with Gasteiger partial charge in [-0.15, -0.1) is 12.3 Å². The van der Waals surface area contributed by atoms with Gasteiger partial charge in [-0.2, -0.15) is 0 Å². The summed E-state index contributed by atoms with van der Waals surface area (Å²) in [5, 5.41) is 8.97. The standard InChI is InChI=1S/C12H13NO2/c1-3-4-9-13(2)11-8-6-5-7-10(11)12(14)15/h1,5-8H,4,9H2,2H3,(H,14,15). The molecule has 0 atom stereocenters. The summed E-state index contributed by atoms with van der Waals surface area (Å²) in [5.41, 5.74) is 0.997. The van der Waals surface area contributed by atoms with Crippen LogP contribution in [0.4, 0.5) is 5.69 Å². The molecular formula is C12H13NO2. The number of carboxylic acids is 1. The van der Waals surface area contributed by atoms with Gasteiger partial charge < -0.3 is 10.0 Å². The third-order valence-electron chi connectivity index (χ3n) is 2.14. The maximum absolute atomic E-state index is 10.9. The van der Waals surface area contributed by atoms with Gasteiger partial charge in [-0.1, -0.05) is 12.1 Å². The minimum absolute atomic E-state index is 0.303. The van der Waals surface area contributed by atoms with Gasteiger partial charge in [-0.3, -0.25) is 0 Å². The van der Waals surface area contributed by atoms with Gasteiger partial charge in [0.05, 0.1) is 11.3 Å². The molecule has 0 fully saturated rings. The number of aromatic carboxylic acids is 1. The molecule has 3 nitrogen and oxygen atoms in total. The molecule has 0 saturated carbocycles. The van der Waals surface area contributed by atoms with E-state index in [2.05, 4.69) is 5.92 Å². The van der Waals surface area contributed by atoms with Gasteiger partial charge >= 0.3 is 5.97 Å². The lowest BCUT2D eigenvalue weighted by molar-refractivity contribution is 0.0697. The monoisotopic (exact) mass is 203 g/mol. The van der Waals surface area contributed by atoms with Crippen LogP contribution < -0.4 is 4.90 Å². The number of anilines is 1. The van der Waals surface area contributed by atoms with Crippen LogP contribution in [-0.4, -0.2) is 24.7 Å². The quantitative estimate of drug-likeness (QED) is 0.759. The zero-order valence-electron chi connectivity index (χ0n) is 8.60. The molecule has 0 unspecified atom stereocenters. The van der Waals surface area contributed by atoms with Crippen molar-refractivity contribution in [2.45, 2.75) is 6.42 Å². The van der Waals surface area contributed by atoms with Crippen LogP contribution in [0, 0.1) is 12.3 Å². The molecular weight excluding hydrogens is 190 g/mol. The van der Waals surface area contributed by atoms with E-state index in [0.717, 1.165) is 0 Å². The number of para-hydroxylation sites is 1. The van der Waals surface area contributed by atoms with Crippen LogP contribution in [0.2, 0.25) is 0 Å². The van der Waals surface area contributed by atoms with E-state index >= 15 is 0 Å². The van der Waals surface area contributed by atoms with Crippen LogP contribution in [0.5, 0.6) is 0 Å². The largest absolute Gasteiger partial charge is 0.478 e. The lowest BCUT2D eigenvalue weighted by atomic mass is 10.1. The first kappa shape index (κ1) is 11.1. The summed E-state index contributed by atoms with van der Waals surface area (Å²) in [6, 6.07) is 6.89. The van der Waals surface area contributed by atoms with E-state index in [4.69, 9.17) is 11.5 Å². The number of hydrogen-bond donors (Lipinski definition) is 1. The number of carboxylic acid groups (broad SMARTS) is 1. The second-order valence-electron chi connectivity index (χ2n) is 3.20. The van der Waals surface area contributed by atoms with Crippen molar-refractivity contribution in [1.82, 2.24) is 0 Å². The first-order valence-electron chi connectivity index (χ1n) is 4.63. The molecule has 0 amide bonds. The highest BCUT2D eigenvalue weighted by molar-refractivity contribution is 5.94. The molecule has 3 heteroatoms. The molecule has 15 heavy (non-hydrogen) atoms. The van der Waals surface area contributed by atoms with Gasteiger partial charge in [0, 0.05) is 20.0 Å². The van der Waals surface area contributed by atoms with Crippen molar-refractivity contribution < 1.29 is 9.90 Å². The number of carbonyl (C=O) groups is 1. The molecule has 0 bridgehead atoms. The lowest BCUT2D eigenvalue weighted by Crippen LogP contribution is -2.20. The highest BCUT2D eigenvalue weighted by Gasteiger charge is 2.11. The van der Waals surface area contributed by atoms with E-state index in [9.17, 15) is 4.79 Å².